The van der Waals surface area contributed by atoms with Crippen LogP contribution in [0.1, 0.15) is 15.9 Å². The highest BCUT2D eigenvalue weighted by Gasteiger charge is 2.21. The van der Waals surface area contributed by atoms with Gasteiger partial charge in [0.15, 0.2) is 0 Å². The summed E-state index contributed by atoms with van der Waals surface area (Å²) in [6, 6.07) is 17.6. The Morgan fingerprint density at radius 3 is 2.45 bits per heavy atom. The van der Waals surface area contributed by atoms with E-state index >= 15 is 0 Å². The molecular weight excluding hydrogens is 420 g/mol. The lowest BCUT2D eigenvalue weighted by Crippen LogP contribution is -2.16. The highest BCUT2D eigenvalue weighted by molar-refractivity contribution is 7.92. The predicted octanol–water partition coefficient (Wildman–Crippen LogP) is 3.81. The van der Waals surface area contributed by atoms with Gasteiger partial charge in [0.1, 0.15) is 16.4 Å². The highest BCUT2D eigenvalue weighted by atomic mass is 32.2. The van der Waals surface area contributed by atoms with Crippen molar-refractivity contribution in [1.29, 1.82) is 0 Å². The summed E-state index contributed by atoms with van der Waals surface area (Å²) in [5.74, 6) is -0.0980. The Balaban J connectivity index is 1.96. The van der Waals surface area contributed by atoms with Crippen LogP contribution in [-0.2, 0) is 16.6 Å². The molecule has 0 radical (unpaired) electrons. The number of anilines is 2. The molecule has 0 amide bonds. The third kappa shape index (κ3) is 5.26. The van der Waals surface area contributed by atoms with Crippen molar-refractivity contribution in [1.82, 2.24) is 0 Å². The average molecular weight is 442 g/mol. The van der Waals surface area contributed by atoms with Gasteiger partial charge in [-0.25, -0.2) is 13.2 Å². The van der Waals surface area contributed by atoms with Gasteiger partial charge in [0.2, 0.25) is 0 Å². The van der Waals surface area contributed by atoms with Crippen molar-refractivity contribution >= 4 is 27.4 Å². The summed E-state index contributed by atoms with van der Waals surface area (Å²) in [4.78, 5) is 11.2. The number of carboxylic acids is 1. The molecule has 0 bridgehead atoms. The van der Waals surface area contributed by atoms with Gasteiger partial charge in [0.25, 0.3) is 10.0 Å². The lowest BCUT2D eigenvalue weighted by molar-refractivity contribution is 0.0696. The van der Waals surface area contributed by atoms with Gasteiger partial charge in [0, 0.05) is 18.2 Å². The van der Waals surface area contributed by atoms with Gasteiger partial charge in [-0.15, -0.1) is 0 Å². The summed E-state index contributed by atoms with van der Waals surface area (Å²) < 4.78 is 39.2. The molecule has 0 saturated heterocycles. The van der Waals surface area contributed by atoms with Crippen molar-refractivity contribution in [3.8, 4) is 11.5 Å². The number of aromatic carboxylic acids is 1. The molecule has 0 fully saturated rings. The minimum Gasteiger partial charge on any atom is -0.497 e. The summed E-state index contributed by atoms with van der Waals surface area (Å²) in [5.41, 5.74) is 1.22. The molecule has 0 heterocycles. The van der Waals surface area contributed by atoms with Crippen molar-refractivity contribution in [3.05, 3.63) is 77.9 Å². The van der Waals surface area contributed by atoms with E-state index < -0.39 is 16.0 Å². The van der Waals surface area contributed by atoms with E-state index in [-0.39, 0.29) is 28.4 Å². The van der Waals surface area contributed by atoms with Gasteiger partial charge in [-0.05, 0) is 36.4 Å². The molecule has 0 aliphatic rings. The van der Waals surface area contributed by atoms with Crippen molar-refractivity contribution in [2.75, 3.05) is 24.3 Å². The first-order valence-corrected chi connectivity index (χ1v) is 10.7. The van der Waals surface area contributed by atoms with E-state index in [1.54, 1.807) is 31.4 Å². The van der Waals surface area contributed by atoms with Crippen molar-refractivity contribution in [2.24, 2.45) is 0 Å². The zero-order chi connectivity index (χ0) is 22.4. The normalized spacial score (nSPS) is 10.9. The molecule has 0 unspecified atom stereocenters. The first-order valence-electron chi connectivity index (χ1n) is 9.24. The molecule has 0 aliphatic heterocycles. The Bertz CT molecular complexity index is 1190. The van der Waals surface area contributed by atoms with E-state index in [0.717, 1.165) is 11.6 Å². The van der Waals surface area contributed by atoms with Crippen LogP contribution in [0.15, 0.2) is 71.6 Å². The molecular formula is C22H22N2O6S. The lowest BCUT2D eigenvalue weighted by atomic mass is 10.1. The summed E-state index contributed by atoms with van der Waals surface area (Å²) in [5, 5.41) is 12.4. The second-order valence-corrected chi connectivity index (χ2v) is 8.17. The van der Waals surface area contributed by atoms with Crippen molar-refractivity contribution < 1.29 is 27.8 Å². The van der Waals surface area contributed by atoms with Crippen LogP contribution in [0.25, 0.3) is 0 Å². The topological polar surface area (TPSA) is 114 Å². The van der Waals surface area contributed by atoms with Crippen LogP contribution in [0.2, 0.25) is 0 Å². The number of para-hydroxylation sites is 1. The molecule has 9 heteroatoms. The molecule has 3 N–H and O–H groups in total. The summed E-state index contributed by atoms with van der Waals surface area (Å²) >= 11 is 0. The van der Waals surface area contributed by atoms with E-state index in [0.29, 0.717) is 11.5 Å². The number of ether oxygens (including phenoxy) is 2. The van der Waals surface area contributed by atoms with E-state index in [1.165, 1.54) is 25.3 Å². The second kappa shape index (κ2) is 9.40. The number of carbonyl (C=O) groups is 1. The van der Waals surface area contributed by atoms with Gasteiger partial charge in [-0.2, -0.15) is 0 Å². The molecule has 3 aromatic carbocycles. The van der Waals surface area contributed by atoms with Gasteiger partial charge in [-0.3, -0.25) is 4.72 Å². The lowest BCUT2D eigenvalue weighted by Gasteiger charge is -2.16. The third-order valence-corrected chi connectivity index (χ3v) is 5.92. The number of hydrogen-bond donors (Lipinski definition) is 3. The molecule has 3 rings (SSSR count). The van der Waals surface area contributed by atoms with Crippen molar-refractivity contribution in [3.63, 3.8) is 0 Å². The first kappa shape index (κ1) is 22.0. The van der Waals surface area contributed by atoms with E-state index in [1.807, 2.05) is 18.2 Å². The maximum atomic E-state index is 13.1. The van der Waals surface area contributed by atoms with E-state index in [9.17, 15) is 18.3 Å². The van der Waals surface area contributed by atoms with Gasteiger partial charge in [0.05, 0.1) is 31.2 Å². The number of methoxy groups -OCH3 is 2. The number of nitrogens with one attached hydrogen (secondary N) is 2. The third-order valence-electron chi connectivity index (χ3n) is 4.50. The van der Waals surface area contributed by atoms with Crippen LogP contribution >= 0.6 is 0 Å². The summed E-state index contributed by atoms with van der Waals surface area (Å²) in [6.07, 6.45) is 0. The van der Waals surface area contributed by atoms with Crippen LogP contribution < -0.4 is 19.5 Å². The fourth-order valence-corrected chi connectivity index (χ4v) is 4.22. The van der Waals surface area contributed by atoms with Crippen LogP contribution in [-0.4, -0.2) is 33.7 Å². The number of rotatable bonds is 9. The van der Waals surface area contributed by atoms with Crippen molar-refractivity contribution in [2.45, 2.75) is 11.4 Å². The minimum atomic E-state index is -4.11. The largest absolute Gasteiger partial charge is 0.497 e. The fraction of sp³-hybridized carbons (Fsp3) is 0.136. The Labute approximate surface area is 180 Å². The average Bonchev–Trinajstić information content (AvgIpc) is 2.77. The second-order valence-electron chi connectivity index (χ2n) is 6.52. The van der Waals surface area contributed by atoms with Crippen LogP contribution in [0, 0.1) is 0 Å². The molecule has 162 valence electrons. The predicted molar refractivity (Wildman–Crippen MR) is 118 cm³/mol. The first-order chi connectivity index (χ1) is 14.8. The quantitative estimate of drug-likeness (QED) is 0.462. The summed E-state index contributed by atoms with van der Waals surface area (Å²) in [7, 11) is -1.08. The van der Waals surface area contributed by atoms with Crippen LogP contribution in [0.3, 0.4) is 0 Å². The number of benzene rings is 3. The Kier molecular flexibility index (Phi) is 6.66. The molecule has 0 saturated carbocycles. The number of carboxylic acid groups (broad SMARTS) is 1. The molecule has 0 aliphatic carbocycles. The molecule has 8 nitrogen and oxygen atoms in total. The molecule has 31 heavy (non-hydrogen) atoms. The molecule has 0 aromatic heterocycles. The maximum absolute atomic E-state index is 13.1. The zero-order valence-electron chi connectivity index (χ0n) is 17.0. The Morgan fingerprint density at radius 1 is 0.968 bits per heavy atom. The monoisotopic (exact) mass is 442 g/mol. The zero-order valence-corrected chi connectivity index (χ0v) is 17.8. The van der Waals surface area contributed by atoms with Gasteiger partial charge < -0.3 is 19.9 Å². The maximum Gasteiger partial charge on any atom is 0.335 e. The van der Waals surface area contributed by atoms with E-state index in [4.69, 9.17) is 9.47 Å². The number of hydrogen-bond acceptors (Lipinski definition) is 6. The fourth-order valence-electron chi connectivity index (χ4n) is 2.96. The Hall–Kier alpha value is -3.72. The minimum absolute atomic E-state index is 0.145. The molecule has 0 atom stereocenters. The SMILES string of the molecule is COc1cccc(NS(=O)(=O)c2cc(C(=O)O)ccc2NCc2ccccc2OC)c1. The smallest absolute Gasteiger partial charge is 0.335 e. The van der Waals surface area contributed by atoms with Crippen LogP contribution in [0.4, 0.5) is 11.4 Å². The summed E-state index contributed by atoms with van der Waals surface area (Å²) in [6.45, 7) is 0.276. The number of sulfonamides is 1. The standard InChI is InChI=1S/C22H22N2O6S/c1-29-18-8-5-7-17(13-18)24-31(27,28)21-12-15(22(25)26)10-11-19(21)23-14-16-6-3-4-9-20(16)30-2/h3-13,23-24H,14H2,1-2H3,(H,25,26). The van der Waals surface area contributed by atoms with Gasteiger partial charge >= 0.3 is 5.97 Å². The molecule has 0 spiro atoms. The van der Waals surface area contributed by atoms with Gasteiger partial charge in [-0.1, -0.05) is 24.3 Å². The molecule has 3 aromatic rings. The van der Waals surface area contributed by atoms with E-state index in [2.05, 4.69) is 10.0 Å². The highest BCUT2D eigenvalue weighted by Crippen LogP contribution is 2.28. The van der Waals surface area contributed by atoms with Crippen LogP contribution in [0.5, 0.6) is 11.5 Å². The Morgan fingerprint density at radius 2 is 1.74 bits per heavy atom.